The lowest BCUT2D eigenvalue weighted by atomic mass is 10.1. The maximum absolute atomic E-state index is 5.61. The molecule has 1 saturated carbocycles. The molecule has 4 nitrogen and oxygen atoms in total. The summed E-state index contributed by atoms with van der Waals surface area (Å²) in [5.41, 5.74) is 7.83. The third-order valence-electron chi connectivity index (χ3n) is 2.31. The summed E-state index contributed by atoms with van der Waals surface area (Å²) in [5.74, 6) is 1.33. The van der Waals surface area contributed by atoms with Crippen molar-refractivity contribution in [3.05, 3.63) is 17.5 Å². The zero-order valence-electron chi connectivity index (χ0n) is 7.75. The predicted molar refractivity (Wildman–Crippen MR) is 51.4 cm³/mol. The summed E-state index contributed by atoms with van der Waals surface area (Å²) < 4.78 is 0. The number of nitrogens with zero attached hydrogens (tertiary/aromatic N) is 2. The Hall–Kier alpha value is -1.16. The van der Waals surface area contributed by atoms with Crippen LogP contribution < -0.4 is 11.1 Å². The highest BCUT2D eigenvalue weighted by Gasteiger charge is 2.27. The zero-order valence-corrected chi connectivity index (χ0v) is 7.75. The summed E-state index contributed by atoms with van der Waals surface area (Å²) >= 11 is 0. The van der Waals surface area contributed by atoms with Gasteiger partial charge in [0.25, 0.3) is 0 Å². The molecule has 1 aliphatic rings. The van der Waals surface area contributed by atoms with Crippen LogP contribution in [0.1, 0.15) is 30.0 Å². The quantitative estimate of drug-likeness (QED) is 0.720. The van der Waals surface area contributed by atoms with Crippen molar-refractivity contribution in [1.29, 1.82) is 0 Å². The van der Waals surface area contributed by atoms with Gasteiger partial charge in [0.05, 0.1) is 5.69 Å². The number of hydrogen-bond acceptors (Lipinski definition) is 4. The van der Waals surface area contributed by atoms with Gasteiger partial charge in [-0.05, 0) is 12.8 Å². The van der Waals surface area contributed by atoms with Crippen LogP contribution in [0.25, 0.3) is 0 Å². The Morgan fingerprint density at radius 2 is 2.38 bits per heavy atom. The van der Waals surface area contributed by atoms with Crippen molar-refractivity contribution in [2.75, 3.05) is 12.4 Å². The SMILES string of the molecule is CNc1ncc(CN)c(C2CC2)n1. The van der Waals surface area contributed by atoms with Crippen LogP contribution in [0.2, 0.25) is 0 Å². The third-order valence-corrected chi connectivity index (χ3v) is 2.31. The molecule has 0 amide bonds. The van der Waals surface area contributed by atoms with E-state index in [4.69, 9.17) is 5.73 Å². The molecule has 1 heterocycles. The highest BCUT2D eigenvalue weighted by atomic mass is 15.1. The normalized spacial score (nSPS) is 15.8. The molecule has 70 valence electrons. The van der Waals surface area contributed by atoms with Crippen molar-refractivity contribution in [2.24, 2.45) is 5.73 Å². The summed E-state index contributed by atoms with van der Waals surface area (Å²) in [6.45, 7) is 0.538. The first kappa shape index (κ1) is 8.44. The van der Waals surface area contributed by atoms with Crippen LogP contribution in [-0.2, 0) is 6.54 Å². The molecule has 0 saturated heterocycles. The number of nitrogens with two attached hydrogens (primary N) is 1. The van der Waals surface area contributed by atoms with Crippen LogP contribution in [0.15, 0.2) is 6.20 Å². The standard InChI is InChI=1S/C9H14N4/c1-11-9-12-5-7(4-10)8(13-9)6-2-3-6/h5-6H,2-4,10H2,1H3,(H,11,12,13). The Morgan fingerprint density at radius 1 is 1.62 bits per heavy atom. The largest absolute Gasteiger partial charge is 0.357 e. The van der Waals surface area contributed by atoms with Gasteiger partial charge in [-0.25, -0.2) is 9.97 Å². The third kappa shape index (κ3) is 1.62. The van der Waals surface area contributed by atoms with E-state index in [2.05, 4.69) is 15.3 Å². The maximum atomic E-state index is 5.61. The second kappa shape index (κ2) is 3.30. The molecule has 0 unspecified atom stereocenters. The van der Waals surface area contributed by atoms with Crippen LogP contribution in [-0.4, -0.2) is 17.0 Å². The van der Waals surface area contributed by atoms with Crippen molar-refractivity contribution in [2.45, 2.75) is 25.3 Å². The summed E-state index contributed by atoms with van der Waals surface area (Å²) in [7, 11) is 1.83. The Bertz CT molecular complexity index is 306. The number of rotatable bonds is 3. The van der Waals surface area contributed by atoms with Crippen LogP contribution in [0, 0.1) is 0 Å². The first-order chi connectivity index (χ1) is 6.35. The highest BCUT2D eigenvalue weighted by Crippen LogP contribution is 2.40. The molecule has 0 spiro atoms. The predicted octanol–water partition coefficient (Wildman–Crippen LogP) is 0.854. The van der Waals surface area contributed by atoms with Gasteiger partial charge in [0, 0.05) is 31.3 Å². The fraction of sp³-hybridized carbons (Fsp3) is 0.556. The monoisotopic (exact) mass is 178 g/mol. The van der Waals surface area contributed by atoms with Gasteiger partial charge in [0.2, 0.25) is 5.95 Å². The van der Waals surface area contributed by atoms with Gasteiger partial charge in [-0.15, -0.1) is 0 Å². The minimum absolute atomic E-state index is 0.538. The molecule has 1 aliphatic carbocycles. The average molecular weight is 178 g/mol. The topological polar surface area (TPSA) is 63.8 Å². The molecule has 0 aliphatic heterocycles. The van der Waals surface area contributed by atoms with E-state index >= 15 is 0 Å². The van der Waals surface area contributed by atoms with Crippen LogP contribution in [0.4, 0.5) is 5.95 Å². The van der Waals surface area contributed by atoms with E-state index in [1.54, 1.807) is 0 Å². The van der Waals surface area contributed by atoms with Crippen molar-refractivity contribution in [1.82, 2.24) is 9.97 Å². The van der Waals surface area contributed by atoms with E-state index in [0.29, 0.717) is 18.4 Å². The molecule has 2 rings (SSSR count). The number of nitrogens with one attached hydrogen (secondary N) is 1. The Morgan fingerprint density at radius 3 is 2.92 bits per heavy atom. The van der Waals surface area contributed by atoms with E-state index in [1.807, 2.05) is 13.2 Å². The Kier molecular flexibility index (Phi) is 2.14. The Balaban J connectivity index is 2.35. The van der Waals surface area contributed by atoms with Gasteiger partial charge in [-0.2, -0.15) is 0 Å². The van der Waals surface area contributed by atoms with Gasteiger partial charge >= 0.3 is 0 Å². The number of aromatic nitrogens is 2. The highest BCUT2D eigenvalue weighted by molar-refractivity contribution is 5.32. The van der Waals surface area contributed by atoms with Crippen molar-refractivity contribution in [3.63, 3.8) is 0 Å². The fourth-order valence-electron chi connectivity index (χ4n) is 1.41. The lowest BCUT2D eigenvalue weighted by Crippen LogP contribution is -2.07. The van der Waals surface area contributed by atoms with Gasteiger partial charge < -0.3 is 11.1 Å². The van der Waals surface area contributed by atoms with Crippen LogP contribution in [0.5, 0.6) is 0 Å². The molecule has 3 N–H and O–H groups in total. The minimum Gasteiger partial charge on any atom is -0.357 e. The molecule has 0 bridgehead atoms. The van der Waals surface area contributed by atoms with E-state index in [1.165, 1.54) is 12.8 Å². The molecule has 0 aromatic carbocycles. The van der Waals surface area contributed by atoms with E-state index in [9.17, 15) is 0 Å². The van der Waals surface area contributed by atoms with Crippen LogP contribution in [0.3, 0.4) is 0 Å². The first-order valence-corrected chi connectivity index (χ1v) is 4.58. The molecule has 1 fully saturated rings. The summed E-state index contributed by atoms with van der Waals surface area (Å²) in [5, 5.41) is 2.94. The number of hydrogen-bond donors (Lipinski definition) is 2. The van der Waals surface area contributed by atoms with Crippen molar-refractivity contribution >= 4 is 5.95 Å². The molecule has 0 atom stereocenters. The maximum Gasteiger partial charge on any atom is 0.222 e. The first-order valence-electron chi connectivity index (χ1n) is 4.58. The second-order valence-corrected chi connectivity index (χ2v) is 3.33. The van der Waals surface area contributed by atoms with Gasteiger partial charge in [0.1, 0.15) is 0 Å². The Labute approximate surface area is 77.6 Å². The molecule has 4 heteroatoms. The lowest BCUT2D eigenvalue weighted by Gasteiger charge is -2.06. The van der Waals surface area contributed by atoms with Crippen LogP contribution >= 0.6 is 0 Å². The lowest BCUT2D eigenvalue weighted by molar-refractivity contribution is 0.909. The fourth-order valence-corrected chi connectivity index (χ4v) is 1.41. The van der Waals surface area contributed by atoms with Crippen molar-refractivity contribution < 1.29 is 0 Å². The smallest absolute Gasteiger partial charge is 0.222 e. The van der Waals surface area contributed by atoms with Gasteiger partial charge in [-0.3, -0.25) is 0 Å². The second-order valence-electron chi connectivity index (χ2n) is 3.33. The summed E-state index contributed by atoms with van der Waals surface area (Å²) in [6, 6.07) is 0. The van der Waals surface area contributed by atoms with E-state index in [-0.39, 0.29) is 0 Å². The molecule has 1 aromatic rings. The molecular formula is C9H14N4. The summed E-state index contributed by atoms with van der Waals surface area (Å²) in [4.78, 5) is 8.56. The van der Waals surface area contributed by atoms with E-state index < -0.39 is 0 Å². The van der Waals surface area contributed by atoms with Gasteiger partial charge in [0.15, 0.2) is 0 Å². The molecule has 13 heavy (non-hydrogen) atoms. The molecule has 1 aromatic heterocycles. The minimum atomic E-state index is 0.538. The summed E-state index contributed by atoms with van der Waals surface area (Å²) in [6.07, 6.45) is 4.31. The number of anilines is 1. The van der Waals surface area contributed by atoms with E-state index in [0.717, 1.165) is 11.3 Å². The molecular weight excluding hydrogens is 164 g/mol. The van der Waals surface area contributed by atoms with Gasteiger partial charge in [-0.1, -0.05) is 0 Å². The average Bonchev–Trinajstić information content (AvgIpc) is 3.00. The zero-order chi connectivity index (χ0) is 9.26. The van der Waals surface area contributed by atoms with Crippen molar-refractivity contribution in [3.8, 4) is 0 Å². The molecule has 0 radical (unpaired) electrons.